The van der Waals surface area contributed by atoms with Crippen molar-refractivity contribution in [1.82, 2.24) is 10.3 Å². The van der Waals surface area contributed by atoms with Crippen molar-refractivity contribution in [1.29, 1.82) is 0 Å². The number of benzene rings is 1. The van der Waals surface area contributed by atoms with Crippen LogP contribution in [0.3, 0.4) is 0 Å². The molecule has 1 aromatic carbocycles. The van der Waals surface area contributed by atoms with Crippen LogP contribution < -0.4 is 5.32 Å². The Hall–Kier alpha value is -2.18. The number of halogens is 2. The summed E-state index contributed by atoms with van der Waals surface area (Å²) in [5.41, 5.74) is 0.178. The van der Waals surface area contributed by atoms with Gasteiger partial charge >= 0.3 is 5.69 Å². The van der Waals surface area contributed by atoms with Gasteiger partial charge in [0.15, 0.2) is 0 Å². The molecule has 2 aromatic rings. The van der Waals surface area contributed by atoms with Gasteiger partial charge in [0.1, 0.15) is 5.56 Å². The molecule has 1 N–H and O–H groups in total. The van der Waals surface area contributed by atoms with Gasteiger partial charge in [-0.05, 0) is 23.8 Å². The normalized spacial score (nSPS) is 10.2. The Labute approximate surface area is 129 Å². The van der Waals surface area contributed by atoms with Gasteiger partial charge in [-0.3, -0.25) is 14.9 Å². The Morgan fingerprint density at radius 1 is 1.24 bits per heavy atom. The van der Waals surface area contributed by atoms with Crippen molar-refractivity contribution in [2.75, 3.05) is 0 Å². The number of hydrogen-bond donors (Lipinski definition) is 1. The van der Waals surface area contributed by atoms with Crippen LogP contribution in [0.5, 0.6) is 0 Å². The summed E-state index contributed by atoms with van der Waals surface area (Å²) in [5.74, 6) is -0.596. The summed E-state index contributed by atoms with van der Waals surface area (Å²) in [4.78, 5) is 25.9. The standard InChI is InChI=1S/C13H9Cl2N3O3/c14-9-3-1-8(2-4-9)7-17-13(19)10-5-6-16-12(15)11(10)18(20)21/h1-6H,7H2,(H,17,19). The van der Waals surface area contributed by atoms with Crippen molar-refractivity contribution in [3.8, 4) is 0 Å². The summed E-state index contributed by atoms with van der Waals surface area (Å²) in [5, 5.41) is 13.8. The van der Waals surface area contributed by atoms with E-state index in [4.69, 9.17) is 23.2 Å². The zero-order chi connectivity index (χ0) is 15.4. The molecule has 0 aliphatic carbocycles. The molecular formula is C13H9Cl2N3O3. The molecule has 108 valence electrons. The van der Waals surface area contributed by atoms with Crippen LogP contribution in [0.25, 0.3) is 0 Å². The van der Waals surface area contributed by atoms with E-state index in [1.54, 1.807) is 24.3 Å². The molecule has 2 rings (SSSR count). The van der Waals surface area contributed by atoms with Gasteiger partial charge in [-0.1, -0.05) is 35.3 Å². The molecule has 6 nitrogen and oxygen atoms in total. The topological polar surface area (TPSA) is 85.1 Å². The van der Waals surface area contributed by atoms with Gasteiger partial charge in [-0.2, -0.15) is 0 Å². The highest BCUT2D eigenvalue weighted by Gasteiger charge is 2.24. The molecule has 0 aliphatic rings. The molecule has 21 heavy (non-hydrogen) atoms. The maximum absolute atomic E-state index is 12.0. The highest BCUT2D eigenvalue weighted by Crippen LogP contribution is 2.25. The van der Waals surface area contributed by atoms with Crippen LogP contribution in [0.1, 0.15) is 15.9 Å². The Morgan fingerprint density at radius 2 is 1.90 bits per heavy atom. The summed E-state index contributed by atoms with van der Waals surface area (Å²) < 4.78 is 0. The van der Waals surface area contributed by atoms with Crippen LogP contribution in [0.4, 0.5) is 5.69 Å². The van der Waals surface area contributed by atoms with E-state index in [0.717, 1.165) is 5.56 Å². The van der Waals surface area contributed by atoms with Crippen LogP contribution in [-0.2, 0) is 6.54 Å². The summed E-state index contributed by atoms with van der Waals surface area (Å²) in [6.45, 7) is 0.215. The van der Waals surface area contributed by atoms with Crippen LogP contribution in [0.15, 0.2) is 36.5 Å². The summed E-state index contributed by atoms with van der Waals surface area (Å²) in [6, 6.07) is 8.12. The van der Waals surface area contributed by atoms with Crippen LogP contribution in [-0.4, -0.2) is 15.8 Å². The summed E-state index contributed by atoms with van der Waals surface area (Å²) in [6.07, 6.45) is 1.24. The first kappa shape index (κ1) is 15.2. The Kier molecular flexibility index (Phi) is 4.72. The molecule has 0 saturated carbocycles. The second-order valence-corrected chi connectivity index (χ2v) is 4.86. The number of amides is 1. The third-order valence-electron chi connectivity index (χ3n) is 2.67. The van der Waals surface area contributed by atoms with E-state index in [-0.39, 0.29) is 17.3 Å². The van der Waals surface area contributed by atoms with Gasteiger partial charge in [-0.15, -0.1) is 0 Å². The molecule has 0 spiro atoms. The van der Waals surface area contributed by atoms with Crippen LogP contribution >= 0.6 is 23.2 Å². The number of nitrogens with one attached hydrogen (secondary N) is 1. The zero-order valence-electron chi connectivity index (χ0n) is 10.5. The molecular weight excluding hydrogens is 317 g/mol. The molecule has 0 saturated heterocycles. The molecule has 1 amide bonds. The molecule has 8 heteroatoms. The number of hydrogen-bond acceptors (Lipinski definition) is 4. The maximum Gasteiger partial charge on any atom is 0.319 e. The van der Waals surface area contributed by atoms with Crippen molar-refractivity contribution in [2.45, 2.75) is 6.54 Å². The van der Waals surface area contributed by atoms with Gasteiger partial charge in [0.25, 0.3) is 5.91 Å². The smallest absolute Gasteiger partial charge is 0.319 e. The average molecular weight is 326 g/mol. The first-order valence-corrected chi connectivity index (χ1v) is 6.56. The Bertz CT molecular complexity index is 690. The zero-order valence-corrected chi connectivity index (χ0v) is 12.1. The lowest BCUT2D eigenvalue weighted by atomic mass is 10.2. The molecule has 0 bridgehead atoms. The highest BCUT2D eigenvalue weighted by atomic mass is 35.5. The molecule has 0 aliphatic heterocycles. The van der Waals surface area contributed by atoms with Crippen LogP contribution in [0.2, 0.25) is 10.2 Å². The van der Waals surface area contributed by atoms with Crippen molar-refractivity contribution in [3.05, 3.63) is 67.9 Å². The number of carbonyl (C=O) groups is 1. The number of rotatable bonds is 4. The fraction of sp³-hybridized carbons (Fsp3) is 0.0769. The number of nitro groups is 1. The third-order valence-corrected chi connectivity index (χ3v) is 3.20. The fourth-order valence-corrected chi connectivity index (χ4v) is 2.02. The Morgan fingerprint density at radius 3 is 2.52 bits per heavy atom. The monoisotopic (exact) mass is 325 g/mol. The first-order valence-electron chi connectivity index (χ1n) is 5.80. The van der Waals surface area contributed by atoms with Crippen molar-refractivity contribution in [2.24, 2.45) is 0 Å². The number of nitrogens with zero attached hydrogens (tertiary/aromatic N) is 2. The van der Waals surface area contributed by atoms with E-state index in [0.29, 0.717) is 5.02 Å². The SMILES string of the molecule is O=C(NCc1ccc(Cl)cc1)c1ccnc(Cl)c1[N+](=O)[O-]. The largest absolute Gasteiger partial charge is 0.348 e. The number of aromatic nitrogens is 1. The van der Waals surface area contributed by atoms with E-state index < -0.39 is 16.5 Å². The lowest BCUT2D eigenvalue weighted by Crippen LogP contribution is -2.23. The Balaban J connectivity index is 2.16. The molecule has 1 heterocycles. The molecule has 0 unspecified atom stereocenters. The van der Waals surface area contributed by atoms with E-state index in [2.05, 4.69) is 10.3 Å². The molecule has 0 fully saturated rings. The molecule has 0 atom stereocenters. The number of carbonyl (C=O) groups excluding carboxylic acids is 1. The fourth-order valence-electron chi connectivity index (χ4n) is 1.67. The summed E-state index contributed by atoms with van der Waals surface area (Å²) >= 11 is 11.4. The minimum atomic E-state index is -0.730. The highest BCUT2D eigenvalue weighted by molar-refractivity contribution is 6.32. The predicted molar refractivity (Wildman–Crippen MR) is 78.5 cm³/mol. The second-order valence-electron chi connectivity index (χ2n) is 4.06. The van der Waals surface area contributed by atoms with E-state index in [1.807, 2.05) is 0 Å². The van der Waals surface area contributed by atoms with E-state index in [9.17, 15) is 14.9 Å². The first-order chi connectivity index (χ1) is 9.99. The minimum Gasteiger partial charge on any atom is -0.348 e. The van der Waals surface area contributed by atoms with Crippen LogP contribution in [0, 0.1) is 10.1 Å². The average Bonchev–Trinajstić information content (AvgIpc) is 2.45. The van der Waals surface area contributed by atoms with Crippen molar-refractivity contribution in [3.63, 3.8) is 0 Å². The number of pyridine rings is 1. The molecule has 1 aromatic heterocycles. The van der Waals surface area contributed by atoms with Gasteiger partial charge in [-0.25, -0.2) is 4.98 Å². The predicted octanol–water partition coefficient (Wildman–Crippen LogP) is 3.23. The molecule has 0 radical (unpaired) electrons. The van der Waals surface area contributed by atoms with Gasteiger partial charge in [0.2, 0.25) is 5.15 Å². The van der Waals surface area contributed by atoms with Crippen molar-refractivity contribution >= 4 is 34.8 Å². The van der Waals surface area contributed by atoms with E-state index in [1.165, 1.54) is 12.3 Å². The lowest BCUT2D eigenvalue weighted by molar-refractivity contribution is -0.385. The minimum absolute atomic E-state index is 0.131. The van der Waals surface area contributed by atoms with E-state index >= 15 is 0 Å². The van der Waals surface area contributed by atoms with Gasteiger partial charge < -0.3 is 5.32 Å². The maximum atomic E-state index is 12.0. The summed E-state index contributed by atoms with van der Waals surface area (Å²) in [7, 11) is 0. The van der Waals surface area contributed by atoms with Crippen molar-refractivity contribution < 1.29 is 9.72 Å². The second kappa shape index (κ2) is 6.51. The third kappa shape index (κ3) is 3.68. The van der Waals surface area contributed by atoms with Gasteiger partial charge in [0.05, 0.1) is 4.92 Å². The van der Waals surface area contributed by atoms with Gasteiger partial charge in [0, 0.05) is 17.8 Å². The lowest BCUT2D eigenvalue weighted by Gasteiger charge is -2.06. The quantitative estimate of drug-likeness (QED) is 0.531.